The first-order valence-electron chi connectivity index (χ1n) is 7.56. The van der Waals surface area contributed by atoms with E-state index in [1.807, 2.05) is 36.4 Å². The van der Waals surface area contributed by atoms with Crippen LogP contribution in [0.5, 0.6) is 0 Å². The molecule has 0 bridgehead atoms. The molecule has 0 saturated heterocycles. The van der Waals surface area contributed by atoms with Gasteiger partial charge < -0.3 is 5.32 Å². The summed E-state index contributed by atoms with van der Waals surface area (Å²) in [6, 6.07) is 13.4. The van der Waals surface area contributed by atoms with Gasteiger partial charge in [-0.05, 0) is 17.7 Å². The molecule has 1 amide bonds. The van der Waals surface area contributed by atoms with Crippen LogP contribution in [0, 0.1) is 5.92 Å². The van der Waals surface area contributed by atoms with E-state index in [4.69, 9.17) is 4.99 Å². The lowest BCUT2D eigenvalue weighted by Crippen LogP contribution is -2.45. The topological polar surface area (TPSA) is 77.8 Å². The minimum atomic E-state index is -0.495. The first kappa shape index (κ1) is 13.9. The van der Waals surface area contributed by atoms with Crippen molar-refractivity contribution in [2.75, 3.05) is 18.2 Å². The lowest BCUT2D eigenvalue weighted by atomic mass is 9.92. The normalized spacial score (nSPS) is 23.3. The molecule has 116 valence electrons. The Kier molecular flexibility index (Phi) is 3.31. The predicted molar refractivity (Wildman–Crippen MR) is 85.6 cm³/mol. The Labute approximate surface area is 133 Å². The quantitative estimate of drug-likeness (QED) is 0.838. The van der Waals surface area contributed by atoms with Crippen LogP contribution in [0.2, 0.25) is 0 Å². The zero-order chi connectivity index (χ0) is 15.8. The van der Waals surface area contributed by atoms with Gasteiger partial charge in [-0.3, -0.25) is 15.0 Å². The van der Waals surface area contributed by atoms with Crippen LogP contribution in [-0.4, -0.2) is 34.9 Å². The summed E-state index contributed by atoms with van der Waals surface area (Å²) in [5, 5.41) is 14.1. The molecule has 3 heterocycles. The zero-order valence-electron chi connectivity index (χ0n) is 12.4. The van der Waals surface area contributed by atoms with Crippen LogP contribution in [0.1, 0.15) is 17.2 Å². The molecule has 23 heavy (non-hydrogen) atoms. The monoisotopic (exact) mass is 308 g/mol. The van der Waals surface area contributed by atoms with Gasteiger partial charge in [0.2, 0.25) is 5.91 Å². The lowest BCUT2D eigenvalue weighted by molar-refractivity contribution is -0.123. The summed E-state index contributed by atoms with van der Waals surface area (Å²) in [7, 11) is 0. The number of fused-ring (bicyclic) bond motifs is 3. The number of aliphatic imine (C=N–C) groups is 1. The molecule has 0 saturated carbocycles. The standard InChI is InChI=1S/C17H16N4O2/c22-17-13-10-21(23)16-12(7-4-8-18-16)15(13)20-14(9-19-17)11-5-2-1-3-6-11/h1-8,13-14,23H,9-10H2,(H,19,22)/t13?,14-/m1/s1. The van der Waals surface area contributed by atoms with Crippen molar-refractivity contribution in [3.63, 3.8) is 0 Å². The minimum Gasteiger partial charge on any atom is -0.353 e. The average molecular weight is 308 g/mol. The Morgan fingerprint density at radius 2 is 2.00 bits per heavy atom. The predicted octanol–water partition coefficient (Wildman–Crippen LogP) is 1.57. The fourth-order valence-corrected chi connectivity index (χ4v) is 3.10. The molecule has 2 N–H and O–H groups in total. The minimum absolute atomic E-state index is 0.115. The number of hydrogen-bond donors (Lipinski definition) is 2. The Morgan fingerprint density at radius 3 is 2.83 bits per heavy atom. The van der Waals surface area contributed by atoms with Crippen molar-refractivity contribution in [2.45, 2.75) is 6.04 Å². The van der Waals surface area contributed by atoms with Gasteiger partial charge in [-0.1, -0.05) is 30.3 Å². The number of anilines is 1. The summed E-state index contributed by atoms with van der Waals surface area (Å²) >= 11 is 0. The van der Waals surface area contributed by atoms with Gasteiger partial charge in [0.15, 0.2) is 5.82 Å². The Hall–Kier alpha value is -2.73. The summed E-state index contributed by atoms with van der Waals surface area (Å²) in [5.41, 5.74) is 2.46. The molecular formula is C17H16N4O2. The highest BCUT2D eigenvalue weighted by molar-refractivity contribution is 6.17. The largest absolute Gasteiger partial charge is 0.353 e. The second-order valence-corrected chi connectivity index (χ2v) is 5.70. The fraction of sp³-hybridized carbons (Fsp3) is 0.235. The van der Waals surface area contributed by atoms with Gasteiger partial charge in [-0.25, -0.2) is 10.0 Å². The molecule has 2 aliphatic rings. The highest BCUT2D eigenvalue weighted by Crippen LogP contribution is 2.31. The number of nitrogens with one attached hydrogen (secondary N) is 1. The molecule has 0 spiro atoms. The van der Waals surface area contributed by atoms with Gasteiger partial charge in [0.25, 0.3) is 0 Å². The molecule has 2 atom stereocenters. The molecule has 6 nitrogen and oxygen atoms in total. The fourth-order valence-electron chi connectivity index (χ4n) is 3.10. The van der Waals surface area contributed by atoms with Gasteiger partial charge >= 0.3 is 0 Å². The van der Waals surface area contributed by atoms with Crippen LogP contribution in [0.4, 0.5) is 5.82 Å². The summed E-state index contributed by atoms with van der Waals surface area (Å²) in [6.45, 7) is 0.611. The maximum atomic E-state index is 12.4. The van der Waals surface area contributed by atoms with Crippen molar-refractivity contribution in [3.8, 4) is 0 Å². The molecule has 4 rings (SSSR count). The SMILES string of the molecule is O=C1NC[C@H](c2ccccc2)N=C2c3cccnc3N(O)CC12. The van der Waals surface area contributed by atoms with E-state index in [1.165, 1.54) is 0 Å². The van der Waals surface area contributed by atoms with Crippen molar-refractivity contribution >= 4 is 17.4 Å². The number of hydroxylamine groups is 1. The van der Waals surface area contributed by atoms with Gasteiger partial charge in [0.05, 0.1) is 18.3 Å². The maximum Gasteiger partial charge on any atom is 0.231 e. The third-order valence-corrected chi connectivity index (χ3v) is 4.26. The summed E-state index contributed by atoms with van der Waals surface area (Å²) in [4.78, 5) is 21.5. The van der Waals surface area contributed by atoms with E-state index in [9.17, 15) is 10.0 Å². The first-order chi connectivity index (χ1) is 11.2. The molecule has 1 aromatic carbocycles. The third kappa shape index (κ3) is 2.37. The van der Waals surface area contributed by atoms with Crippen molar-refractivity contribution in [1.29, 1.82) is 0 Å². The number of amides is 1. The molecule has 2 aliphatic heterocycles. The van der Waals surface area contributed by atoms with E-state index < -0.39 is 5.92 Å². The van der Waals surface area contributed by atoms with E-state index >= 15 is 0 Å². The third-order valence-electron chi connectivity index (χ3n) is 4.26. The highest BCUT2D eigenvalue weighted by atomic mass is 16.5. The molecule has 0 fully saturated rings. The van der Waals surface area contributed by atoms with Crippen LogP contribution in [0.15, 0.2) is 53.7 Å². The number of aromatic nitrogens is 1. The van der Waals surface area contributed by atoms with E-state index in [2.05, 4.69) is 10.3 Å². The van der Waals surface area contributed by atoms with Gasteiger partial charge in [-0.15, -0.1) is 0 Å². The van der Waals surface area contributed by atoms with E-state index in [1.54, 1.807) is 12.3 Å². The number of benzene rings is 1. The molecule has 6 heteroatoms. The molecular weight excluding hydrogens is 292 g/mol. The molecule has 2 aromatic rings. The van der Waals surface area contributed by atoms with Crippen molar-refractivity contribution in [1.82, 2.24) is 10.3 Å². The number of rotatable bonds is 1. The van der Waals surface area contributed by atoms with E-state index in [0.29, 0.717) is 23.6 Å². The molecule has 1 aromatic heterocycles. The van der Waals surface area contributed by atoms with Gasteiger partial charge in [-0.2, -0.15) is 0 Å². The van der Waals surface area contributed by atoms with Crippen LogP contribution in [0.25, 0.3) is 0 Å². The van der Waals surface area contributed by atoms with Crippen LogP contribution >= 0.6 is 0 Å². The van der Waals surface area contributed by atoms with Crippen LogP contribution in [0.3, 0.4) is 0 Å². The summed E-state index contributed by atoms with van der Waals surface area (Å²) in [5.74, 6) is -0.162. The Balaban J connectivity index is 1.84. The second-order valence-electron chi connectivity index (χ2n) is 5.70. The second kappa shape index (κ2) is 5.48. The van der Waals surface area contributed by atoms with Crippen molar-refractivity contribution in [2.24, 2.45) is 10.9 Å². The Bertz CT molecular complexity index is 775. The van der Waals surface area contributed by atoms with Crippen LogP contribution < -0.4 is 10.4 Å². The van der Waals surface area contributed by atoms with Crippen molar-refractivity contribution < 1.29 is 10.0 Å². The summed E-state index contributed by atoms with van der Waals surface area (Å²) in [6.07, 6.45) is 1.62. The van der Waals surface area contributed by atoms with Gasteiger partial charge in [0, 0.05) is 18.3 Å². The number of pyridine rings is 1. The smallest absolute Gasteiger partial charge is 0.231 e. The summed E-state index contributed by atoms with van der Waals surface area (Å²) < 4.78 is 0. The average Bonchev–Trinajstić information content (AvgIpc) is 2.76. The van der Waals surface area contributed by atoms with E-state index in [-0.39, 0.29) is 18.5 Å². The zero-order valence-corrected chi connectivity index (χ0v) is 12.4. The van der Waals surface area contributed by atoms with E-state index in [0.717, 1.165) is 10.6 Å². The lowest BCUT2D eigenvalue weighted by Gasteiger charge is -2.30. The Morgan fingerprint density at radius 1 is 1.17 bits per heavy atom. The van der Waals surface area contributed by atoms with Gasteiger partial charge in [0.1, 0.15) is 5.92 Å². The van der Waals surface area contributed by atoms with Crippen LogP contribution in [-0.2, 0) is 4.79 Å². The first-order valence-corrected chi connectivity index (χ1v) is 7.56. The molecule has 0 radical (unpaired) electrons. The highest BCUT2D eigenvalue weighted by Gasteiger charge is 2.37. The number of carbonyl (C=O) groups is 1. The number of hydrogen-bond acceptors (Lipinski definition) is 5. The van der Waals surface area contributed by atoms with Crippen molar-refractivity contribution in [3.05, 3.63) is 59.8 Å². The molecule has 1 unspecified atom stereocenters. The number of nitrogens with zero attached hydrogens (tertiary/aromatic N) is 3. The number of carbonyl (C=O) groups excluding carboxylic acids is 1. The maximum absolute atomic E-state index is 12.4. The molecule has 0 aliphatic carbocycles.